The maximum atomic E-state index is 4.94. The van der Waals surface area contributed by atoms with Gasteiger partial charge in [-0.05, 0) is 6.92 Å². The molecule has 0 spiro atoms. The molecule has 4 nitrogen and oxygen atoms in total. The van der Waals surface area contributed by atoms with Crippen LogP contribution in [0.5, 0.6) is 0 Å². The molecule has 0 atom stereocenters. The van der Waals surface area contributed by atoms with E-state index < -0.39 is 0 Å². The molecule has 0 heterocycles. The van der Waals surface area contributed by atoms with Gasteiger partial charge in [-0.3, -0.25) is 9.68 Å². The predicted molar refractivity (Wildman–Crippen MR) is 34.4 cm³/mol. The topological polar surface area (TPSA) is 33.7 Å². The molecular weight excluding hydrogens is 120 g/mol. The Kier molecular flexibility index (Phi) is 5.86. The van der Waals surface area contributed by atoms with E-state index in [9.17, 15) is 0 Å². The van der Waals surface area contributed by atoms with E-state index in [1.165, 1.54) is 0 Å². The van der Waals surface area contributed by atoms with Crippen molar-refractivity contribution in [2.45, 2.75) is 6.92 Å². The first kappa shape index (κ1) is 8.84. The van der Waals surface area contributed by atoms with E-state index in [0.29, 0.717) is 13.3 Å². The second-order valence-corrected chi connectivity index (χ2v) is 1.66. The lowest BCUT2D eigenvalue weighted by molar-refractivity contribution is -0.161. The number of hydrogen-bond acceptors (Lipinski definition) is 4. The van der Waals surface area contributed by atoms with Crippen molar-refractivity contribution in [1.82, 2.24) is 10.5 Å². The number of hydroxylamine groups is 3. The Balaban J connectivity index is 2.75. The summed E-state index contributed by atoms with van der Waals surface area (Å²) in [5.74, 6) is 0. The van der Waals surface area contributed by atoms with E-state index >= 15 is 0 Å². The van der Waals surface area contributed by atoms with E-state index in [0.717, 1.165) is 0 Å². The zero-order valence-corrected chi connectivity index (χ0v) is 6.18. The molecule has 56 valence electrons. The third-order valence-corrected chi connectivity index (χ3v) is 0.628. The van der Waals surface area contributed by atoms with E-state index in [1.54, 1.807) is 5.06 Å². The van der Waals surface area contributed by atoms with E-state index in [1.807, 2.05) is 21.0 Å². The highest BCUT2D eigenvalue weighted by molar-refractivity contribution is 4.10. The Hall–Kier alpha value is -0.160. The first-order valence-electron chi connectivity index (χ1n) is 2.92. The molecule has 4 heteroatoms. The predicted octanol–water partition coefficient (Wildman–Crippen LogP) is -0.0218. The van der Waals surface area contributed by atoms with Gasteiger partial charge >= 0.3 is 0 Å². The van der Waals surface area contributed by atoms with E-state index in [-0.39, 0.29) is 0 Å². The van der Waals surface area contributed by atoms with Crippen LogP contribution < -0.4 is 5.48 Å². The van der Waals surface area contributed by atoms with Crippen LogP contribution in [0.15, 0.2) is 0 Å². The van der Waals surface area contributed by atoms with Gasteiger partial charge in [-0.1, -0.05) is 0 Å². The lowest BCUT2D eigenvalue weighted by atomic mass is 10.9. The Morgan fingerprint density at radius 1 is 1.44 bits per heavy atom. The average Bonchev–Trinajstić information content (AvgIpc) is 1.80. The molecule has 0 aliphatic rings. The maximum absolute atomic E-state index is 4.94. The number of nitrogens with zero attached hydrogens (tertiary/aromatic N) is 1. The molecule has 0 aromatic heterocycles. The Morgan fingerprint density at radius 3 is 2.56 bits per heavy atom. The van der Waals surface area contributed by atoms with E-state index in [4.69, 9.17) is 9.68 Å². The van der Waals surface area contributed by atoms with Gasteiger partial charge in [0.05, 0.1) is 6.61 Å². The standard InChI is InChI=1S/C5H14N2O2/c1-4-8-6-5-9-7(2)3/h6H,4-5H2,1-3H3. The van der Waals surface area contributed by atoms with Crippen LogP contribution in [-0.4, -0.2) is 32.5 Å². The van der Waals surface area contributed by atoms with Crippen LogP contribution in [-0.2, 0) is 9.68 Å². The summed E-state index contributed by atoms with van der Waals surface area (Å²) in [4.78, 5) is 9.72. The third-order valence-electron chi connectivity index (χ3n) is 0.628. The Bertz CT molecular complexity index is 58.9. The molecule has 0 aromatic rings. The van der Waals surface area contributed by atoms with Crippen molar-refractivity contribution in [1.29, 1.82) is 0 Å². The smallest absolute Gasteiger partial charge is 0.141 e. The van der Waals surface area contributed by atoms with Gasteiger partial charge in [0.1, 0.15) is 6.73 Å². The maximum Gasteiger partial charge on any atom is 0.141 e. The Morgan fingerprint density at radius 2 is 2.11 bits per heavy atom. The molecule has 0 amide bonds. The Labute approximate surface area is 55.6 Å². The van der Waals surface area contributed by atoms with Crippen molar-refractivity contribution in [3.8, 4) is 0 Å². The molecule has 0 bridgehead atoms. The first-order valence-corrected chi connectivity index (χ1v) is 2.92. The highest BCUT2D eigenvalue weighted by atomic mass is 16.7. The zero-order valence-electron chi connectivity index (χ0n) is 6.18. The molecule has 1 N–H and O–H groups in total. The van der Waals surface area contributed by atoms with Gasteiger partial charge in [0.25, 0.3) is 0 Å². The number of rotatable bonds is 5. The summed E-state index contributed by atoms with van der Waals surface area (Å²) >= 11 is 0. The van der Waals surface area contributed by atoms with Crippen molar-refractivity contribution in [3.05, 3.63) is 0 Å². The molecule has 0 aliphatic heterocycles. The summed E-state index contributed by atoms with van der Waals surface area (Å²) in [5, 5.41) is 1.60. The second kappa shape index (κ2) is 5.97. The molecule has 0 saturated carbocycles. The van der Waals surface area contributed by atoms with Crippen LogP contribution in [0.4, 0.5) is 0 Å². The fourth-order valence-corrected chi connectivity index (χ4v) is 0.299. The number of hydrogen-bond donors (Lipinski definition) is 1. The van der Waals surface area contributed by atoms with Gasteiger partial charge in [0, 0.05) is 14.1 Å². The molecule has 9 heavy (non-hydrogen) atoms. The SMILES string of the molecule is CCONCON(C)C. The van der Waals surface area contributed by atoms with Gasteiger partial charge in [-0.2, -0.15) is 10.5 Å². The van der Waals surface area contributed by atoms with Crippen molar-refractivity contribution >= 4 is 0 Å². The fraction of sp³-hybridized carbons (Fsp3) is 1.00. The normalized spacial score (nSPS) is 10.7. The van der Waals surface area contributed by atoms with Crippen molar-refractivity contribution in [2.75, 3.05) is 27.4 Å². The van der Waals surface area contributed by atoms with Crippen molar-refractivity contribution in [2.24, 2.45) is 0 Å². The van der Waals surface area contributed by atoms with Gasteiger partial charge in [-0.25, -0.2) is 0 Å². The van der Waals surface area contributed by atoms with Gasteiger partial charge in [0.15, 0.2) is 0 Å². The minimum absolute atomic E-state index is 0.390. The van der Waals surface area contributed by atoms with Crippen LogP contribution in [0.2, 0.25) is 0 Å². The summed E-state index contributed by atoms with van der Waals surface area (Å²) in [6, 6.07) is 0. The van der Waals surface area contributed by atoms with Crippen LogP contribution in [0.3, 0.4) is 0 Å². The average molecular weight is 134 g/mol. The van der Waals surface area contributed by atoms with Crippen LogP contribution in [0, 0.1) is 0 Å². The summed E-state index contributed by atoms with van der Waals surface area (Å²) in [6.45, 7) is 2.94. The van der Waals surface area contributed by atoms with Gasteiger partial charge in [-0.15, -0.1) is 0 Å². The van der Waals surface area contributed by atoms with Gasteiger partial charge in [0.2, 0.25) is 0 Å². The molecule has 0 saturated heterocycles. The quantitative estimate of drug-likeness (QED) is 0.325. The molecule has 0 aromatic carbocycles. The summed E-state index contributed by atoms with van der Waals surface area (Å²) < 4.78 is 0. The lowest BCUT2D eigenvalue weighted by Gasteiger charge is -2.09. The van der Waals surface area contributed by atoms with E-state index in [2.05, 4.69) is 5.48 Å². The third kappa shape index (κ3) is 7.84. The van der Waals surface area contributed by atoms with Gasteiger partial charge < -0.3 is 0 Å². The summed E-state index contributed by atoms with van der Waals surface area (Å²) in [7, 11) is 3.63. The van der Waals surface area contributed by atoms with Crippen LogP contribution >= 0.6 is 0 Å². The summed E-state index contributed by atoms with van der Waals surface area (Å²) in [6.07, 6.45) is 0. The summed E-state index contributed by atoms with van der Waals surface area (Å²) in [5.41, 5.74) is 2.60. The number of nitrogens with one attached hydrogen (secondary N) is 1. The molecule has 0 radical (unpaired) electrons. The molecule has 0 aliphatic carbocycles. The zero-order chi connectivity index (χ0) is 7.11. The van der Waals surface area contributed by atoms with Crippen LogP contribution in [0.25, 0.3) is 0 Å². The highest BCUT2D eigenvalue weighted by Crippen LogP contribution is 1.73. The first-order chi connectivity index (χ1) is 4.27. The minimum Gasteiger partial charge on any atom is -0.300 e. The van der Waals surface area contributed by atoms with Crippen LogP contribution in [0.1, 0.15) is 6.92 Å². The fourth-order valence-electron chi connectivity index (χ4n) is 0.299. The minimum atomic E-state index is 0.390. The molecular formula is C5H14N2O2. The monoisotopic (exact) mass is 134 g/mol. The second-order valence-electron chi connectivity index (χ2n) is 1.66. The lowest BCUT2D eigenvalue weighted by Crippen LogP contribution is -2.24. The molecule has 0 fully saturated rings. The largest absolute Gasteiger partial charge is 0.300 e. The molecule has 0 unspecified atom stereocenters. The van der Waals surface area contributed by atoms with Crippen molar-refractivity contribution < 1.29 is 9.68 Å². The highest BCUT2D eigenvalue weighted by Gasteiger charge is 1.85. The molecule has 0 rings (SSSR count). The van der Waals surface area contributed by atoms with Crippen molar-refractivity contribution in [3.63, 3.8) is 0 Å².